The van der Waals surface area contributed by atoms with Gasteiger partial charge in [0.05, 0.1) is 5.69 Å². The van der Waals surface area contributed by atoms with Crippen molar-refractivity contribution in [2.75, 3.05) is 7.05 Å². The monoisotopic (exact) mass is 281 g/mol. The molecule has 0 saturated heterocycles. The topological polar surface area (TPSA) is 29.0 Å². The molecule has 2 rings (SSSR count). The van der Waals surface area contributed by atoms with E-state index in [0.717, 1.165) is 18.7 Å². The molecule has 0 amide bonds. The van der Waals surface area contributed by atoms with Crippen LogP contribution >= 0.6 is 22.9 Å². The molecule has 0 fully saturated rings. The molecule has 2 heterocycles. The zero-order chi connectivity index (χ0) is 13.0. The van der Waals surface area contributed by atoms with Crippen molar-refractivity contribution in [1.82, 2.24) is 15.1 Å². The number of hydrogen-bond donors (Lipinski definition) is 0. The smallest absolute Gasteiger partial charge is 0.151 e. The second-order valence-corrected chi connectivity index (χ2v) is 5.81. The quantitative estimate of drug-likeness (QED) is 0.842. The van der Waals surface area contributed by atoms with Crippen LogP contribution in [0.3, 0.4) is 0 Å². The maximum Gasteiger partial charge on any atom is 0.151 e. The molecule has 96 valence electrons. The number of likely N-dealkylation sites (N-methyl/N-ethyl adjacent to an activating group) is 1. The highest BCUT2D eigenvalue weighted by molar-refractivity contribution is 7.09. The molecule has 18 heavy (non-hydrogen) atoms. The molecule has 2 aromatic rings. The summed E-state index contributed by atoms with van der Waals surface area (Å²) in [5, 5.41) is 10.5. The van der Waals surface area contributed by atoms with Crippen molar-refractivity contribution in [3.8, 4) is 0 Å². The molecule has 0 bridgehead atoms. The van der Waals surface area contributed by atoms with E-state index in [1.807, 2.05) is 6.07 Å². The average Bonchev–Trinajstić information content (AvgIpc) is 2.85. The molecule has 0 radical (unpaired) electrons. The Bertz CT molecular complexity index is 469. The maximum absolute atomic E-state index is 5.72. The van der Waals surface area contributed by atoms with Crippen LogP contribution in [0.5, 0.6) is 0 Å². The van der Waals surface area contributed by atoms with Gasteiger partial charge in [-0.1, -0.05) is 17.7 Å². The van der Waals surface area contributed by atoms with Gasteiger partial charge in [0.2, 0.25) is 0 Å². The van der Waals surface area contributed by atoms with Crippen molar-refractivity contribution in [1.29, 1.82) is 0 Å². The van der Waals surface area contributed by atoms with Crippen LogP contribution in [0.15, 0.2) is 29.6 Å². The number of aromatic nitrogens is 2. The minimum atomic E-state index is 0.438. The van der Waals surface area contributed by atoms with Crippen LogP contribution in [0.2, 0.25) is 5.15 Å². The van der Waals surface area contributed by atoms with Crippen molar-refractivity contribution in [2.45, 2.75) is 25.9 Å². The summed E-state index contributed by atoms with van der Waals surface area (Å²) in [6.07, 6.45) is 1.06. The predicted molar refractivity (Wildman–Crippen MR) is 76.0 cm³/mol. The van der Waals surface area contributed by atoms with E-state index in [-0.39, 0.29) is 0 Å². The van der Waals surface area contributed by atoms with Gasteiger partial charge in [-0.2, -0.15) is 5.10 Å². The third-order valence-electron chi connectivity index (χ3n) is 2.93. The minimum Gasteiger partial charge on any atom is -0.297 e. The van der Waals surface area contributed by atoms with Crippen LogP contribution < -0.4 is 0 Å². The van der Waals surface area contributed by atoms with E-state index in [9.17, 15) is 0 Å². The highest BCUT2D eigenvalue weighted by atomic mass is 35.5. The van der Waals surface area contributed by atoms with Gasteiger partial charge in [-0.15, -0.1) is 16.4 Å². The molecule has 2 aromatic heterocycles. The van der Waals surface area contributed by atoms with Gasteiger partial charge in [-0.3, -0.25) is 4.90 Å². The van der Waals surface area contributed by atoms with E-state index in [1.54, 1.807) is 17.4 Å². The van der Waals surface area contributed by atoms with Gasteiger partial charge in [0.25, 0.3) is 0 Å². The molecule has 0 aliphatic rings. The summed E-state index contributed by atoms with van der Waals surface area (Å²) in [6, 6.07) is 8.45. The Kier molecular flexibility index (Phi) is 4.69. The number of hydrogen-bond acceptors (Lipinski definition) is 4. The van der Waals surface area contributed by atoms with E-state index >= 15 is 0 Å². The van der Waals surface area contributed by atoms with E-state index in [2.05, 4.69) is 46.6 Å². The van der Waals surface area contributed by atoms with Crippen LogP contribution in [-0.4, -0.2) is 28.2 Å². The van der Waals surface area contributed by atoms with Crippen LogP contribution in [0.1, 0.15) is 17.5 Å². The Labute approximate surface area is 116 Å². The van der Waals surface area contributed by atoms with Gasteiger partial charge in [-0.05, 0) is 44.0 Å². The Balaban J connectivity index is 1.90. The van der Waals surface area contributed by atoms with Crippen LogP contribution in [-0.2, 0) is 13.0 Å². The van der Waals surface area contributed by atoms with Gasteiger partial charge in [0, 0.05) is 17.5 Å². The van der Waals surface area contributed by atoms with E-state index in [4.69, 9.17) is 11.6 Å². The SMILES string of the molecule is CC(Cc1cccs1)N(C)Cc1ccc(Cl)nn1. The van der Waals surface area contributed by atoms with Gasteiger partial charge >= 0.3 is 0 Å². The lowest BCUT2D eigenvalue weighted by Gasteiger charge is -2.23. The summed E-state index contributed by atoms with van der Waals surface area (Å²) in [5.74, 6) is 0. The lowest BCUT2D eigenvalue weighted by atomic mass is 10.2. The molecule has 1 atom stereocenters. The fourth-order valence-electron chi connectivity index (χ4n) is 1.72. The van der Waals surface area contributed by atoms with E-state index in [0.29, 0.717) is 11.2 Å². The zero-order valence-electron chi connectivity index (χ0n) is 10.5. The molecular weight excluding hydrogens is 266 g/mol. The predicted octanol–water partition coefficient (Wildman–Crippen LogP) is 3.25. The van der Waals surface area contributed by atoms with Gasteiger partial charge in [0.1, 0.15) is 0 Å². The molecule has 0 spiro atoms. The Hall–Kier alpha value is -0.970. The fourth-order valence-corrected chi connectivity index (χ4v) is 2.64. The first-order chi connectivity index (χ1) is 8.65. The summed E-state index contributed by atoms with van der Waals surface area (Å²) in [4.78, 5) is 3.69. The molecule has 0 aliphatic carbocycles. The molecule has 5 heteroatoms. The standard InChI is InChI=1S/C13H16ClN3S/c1-10(8-12-4-3-7-18-12)17(2)9-11-5-6-13(14)16-15-11/h3-7,10H,8-9H2,1-2H3. The number of thiophene rings is 1. The minimum absolute atomic E-state index is 0.438. The summed E-state index contributed by atoms with van der Waals surface area (Å²) in [6.45, 7) is 3.01. The summed E-state index contributed by atoms with van der Waals surface area (Å²) >= 11 is 7.52. The van der Waals surface area contributed by atoms with E-state index in [1.165, 1.54) is 4.88 Å². The van der Waals surface area contributed by atoms with Crippen LogP contribution in [0.25, 0.3) is 0 Å². The number of nitrogens with zero attached hydrogens (tertiary/aromatic N) is 3. The normalized spacial score (nSPS) is 12.9. The molecular formula is C13H16ClN3S. The molecule has 3 nitrogen and oxygen atoms in total. The van der Waals surface area contributed by atoms with Crippen molar-refractivity contribution < 1.29 is 0 Å². The first-order valence-corrected chi connectivity index (χ1v) is 7.11. The van der Waals surface area contributed by atoms with Gasteiger partial charge < -0.3 is 0 Å². The van der Waals surface area contributed by atoms with Crippen molar-refractivity contribution in [3.63, 3.8) is 0 Å². The van der Waals surface area contributed by atoms with Crippen molar-refractivity contribution >= 4 is 22.9 Å². The number of rotatable bonds is 5. The van der Waals surface area contributed by atoms with E-state index < -0.39 is 0 Å². The molecule has 0 saturated carbocycles. The number of halogens is 1. The Morgan fingerprint density at radius 3 is 2.78 bits per heavy atom. The lowest BCUT2D eigenvalue weighted by Crippen LogP contribution is -2.30. The second kappa shape index (κ2) is 6.27. The summed E-state index contributed by atoms with van der Waals surface area (Å²) in [5.41, 5.74) is 0.944. The van der Waals surface area contributed by atoms with Crippen molar-refractivity contribution in [3.05, 3.63) is 45.4 Å². The highest BCUT2D eigenvalue weighted by Gasteiger charge is 2.11. The fraction of sp³-hybridized carbons (Fsp3) is 0.385. The highest BCUT2D eigenvalue weighted by Crippen LogP contribution is 2.14. The first-order valence-electron chi connectivity index (χ1n) is 5.86. The average molecular weight is 282 g/mol. The van der Waals surface area contributed by atoms with Gasteiger partial charge in [-0.25, -0.2) is 0 Å². The van der Waals surface area contributed by atoms with Gasteiger partial charge in [0.15, 0.2) is 5.15 Å². The summed E-state index contributed by atoms with van der Waals surface area (Å²) in [7, 11) is 2.11. The summed E-state index contributed by atoms with van der Waals surface area (Å²) < 4.78 is 0. The molecule has 1 unspecified atom stereocenters. The molecule has 0 aromatic carbocycles. The Morgan fingerprint density at radius 2 is 2.17 bits per heavy atom. The van der Waals surface area contributed by atoms with Crippen LogP contribution in [0.4, 0.5) is 0 Å². The first kappa shape index (κ1) is 13.5. The second-order valence-electron chi connectivity index (χ2n) is 4.40. The molecule has 0 aliphatic heterocycles. The molecule has 0 N–H and O–H groups in total. The maximum atomic E-state index is 5.72. The Morgan fingerprint density at radius 1 is 1.33 bits per heavy atom. The third-order valence-corrected chi connectivity index (χ3v) is 4.03. The third kappa shape index (κ3) is 3.77. The zero-order valence-corrected chi connectivity index (χ0v) is 12.1. The van der Waals surface area contributed by atoms with Crippen LogP contribution in [0, 0.1) is 0 Å². The van der Waals surface area contributed by atoms with Crippen molar-refractivity contribution in [2.24, 2.45) is 0 Å². The largest absolute Gasteiger partial charge is 0.297 e. The lowest BCUT2D eigenvalue weighted by molar-refractivity contribution is 0.245.